The number of nitriles is 1. The minimum atomic E-state index is -1.14. The molecule has 3 heterocycles. The van der Waals surface area contributed by atoms with Crippen molar-refractivity contribution >= 4 is 34.4 Å². The molecular formula is C26H20N6O4. The predicted molar refractivity (Wildman–Crippen MR) is 130 cm³/mol. The number of carbonyl (C=O) groups excluding carboxylic acids is 3. The fourth-order valence-electron chi connectivity index (χ4n) is 4.27. The molecule has 36 heavy (non-hydrogen) atoms. The highest BCUT2D eigenvalue weighted by Gasteiger charge is 2.41. The van der Waals surface area contributed by atoms with E-state index in [0.717, 1.165) is 15.8 Å². The summed E-state index contributed by atoms with van der Waals surface area (Å²) in [5.74, 6) is -0.757. The lowest BCUT2D eigenvalue weighted by Crippen LogP contribution is -2.45. The number of methoxy groups -OCH3 is 1. The van der Waals surface area contributed by atoms with Gasteiger partial charge in [-0.2, -0.15) is 15.0 Å². The van der Waals surface area contributed by atoms with E-state index in [0.29, 0.717) is 17.1 Å². The van der Waals surface area contributed by atoms with Crippen LogP contribution in [0.3, 0.4) is 0 Å². The molecule has 0 bridgehead atoms. The van der Waals surface area contributed by atoms with Crippen molar-refractivity contribution in [1.29, 1.82) is 5.26 Å². The van der Waals surface area contributed by atoms with Crippen molar-refractivity contribution in [2.75, 3.05) is 12.4 Å². The van der Waals surface area contributed by atoms with Crippen molar-refractivity contribution in [3.63, 3.8) is 0 Å². The van der Waals surface area contributed by atoms with E-state index >= 15 is 0 Å². The highest BCUT2D eigenvalue weighted by Crippen LogP contribution is 2.30. The number of anilines is 1. The number of aromatic nitrogens is 3. The first-order valence-electron chi connectivity index (χ1n) is 11.1. The molecule has 3 amide bonds. The van der Waals surface area contributed by atoms with E-state index in [9.17, 15) is 19.6 Å². The summed E-state index contributed by atoms with van der Waals surface area (Å²) in [6.45, 7) is 3.36. The first-order chi connectivity index (χ1) is 17.3. The Morgan fingerprint density at radius 1 is 1.11 bits per heavy atom. The van der Waals surface area contributed by atoms with Crippen LogP contribution in [0.15, 0.2) is 54.7 Å². The summed E-state index contributed by atoms with van der Waals surface area (Å²) in [5.41, 5.74) is 2.07. The lowest BCUT2D eigenvalue weighted by Gasteiger charge is -2.22. The van der Waals surface area contributed by atoms with Gasteiger partial charge in [-0.15, -0.1) is 0 Å². The Morgan fingerprint density at radius 2 is 1.81 bits per heavy atom. The first kappa shape index (κ1) is 22.7. The Hall–Kier alpha value is -5.04. The van der Waals surface area contributed by atoms with Gasteiger partial charge < -0.3 is 10.1 Å². The van der Waals surface area contributed by atoms with Gasteiger partial charge in [0.1, 0.15) is 28.9 Å². The Bertz CT molecular complexity index is 1580. The summed E-state index contributed by atoms with van der Waals surface area (Å²) in [7, 11) is 1.55. The van der Waals surface area contributed by atoms with Crippen LogP contribution < -0.4 is 10.1 Å². The van der Waals surface area contributed by atoms with Gasteiger partial charge in [0.15, 0.2) is 11.6 Å². The average molecular weight is 480 g/mol. The summed E-state index contributed by atoms with van der Waals surface area (Å²) in [4.78, 5) is 44.4. The molecular weight excluding hydrogens is 460 g/mol. The van der Waals surface area contributed by atoms with Crippen LogP contribution in [0.1, 0.15) is 38.8 Å². The Morgan fingerprint density at radius 3 is 2.44 bits per heavy atom. The zero-order valence-corrected chi connectivity index (χ0v) is 19.6. The summed E-state index contributed by atoms with van der Waals surface area (Å²) in [6.07, 6.45) is 1.31. The van der Waals surface area contributed by atoms with Crippen molar-refractivity contribution < 1.29 is 19.1 Å². The summed E-state index contributed by atoms with van der Waals surface area (Å²) in [5, 5.41) is 17.5. The minimum absolute atomic E-state index is 0.0760. The number of pyridine rings is 1. The quantitative estimate of drug-likeness (QED) is 0.434. The van der Waals surface area contributed by atoms with Gasteiger partial charge in [0, 0.05) is 5.39 Å². The highest BCUT2D eigenvalue weighted by atomic mass is 16.5. The molecule has 0 saturated carbocycles. The maximum Gasteiger partial charge on any atom is 0.262 e. The highest BCUT2D eigenvalue weighted by molar-refractivity contribution is 6.23. The molecule has 10 heteroatoms. The monoisotopic (exact) mass is 480 g/mol. The molecule has 1 unspecified atom stereocenters. The second kappa shape index (κ2) is 8.63. The van der Waals surface area contributed by atoms with Crippen molar-refractivity contribution in [2.24, 2.45) is 0 Å². The molecule has 0 fully saturated rings. The summed E-state index contributed by atoms with van der Waals surface area (Å²) in [6, 6.07) is 14.6. The topological polar surface area (TPSA) is 130 Å². The molecule has 1 aliphatic rings. The number of carbonyl (C=O) groups is 3. The third-order valence-electron chi connectivity index (χ3n) is 6.16. The third-order valence-corrected chi connectivity index (χ3v) is 6.16. The fourth-order valence-corrected chi connectivity index (χ4v) is 4.27. The van der Waals surface area contributed by atoms with E-state index < -0.39 is 23.8 Å². The largest absolute Gasteiger partial charge is 0.494 e. The number of imide groups is 1. The maximum atomic E-state index is 13.2. The van der Waals surface area contributed by atoms with Crippen LogP contribution in [0, 0.1) is 18.3 Å². The average Bonchev–Trinajstić information content (AvgIpc) is 3.41. The molecule has 2 aromatic heterocycles. The van der Waals surface area contributed by atoms with Crippen LogP contribution in [0.2, 0.25) is 0 Å². The normalized spacial score (nSPS) is 13.4. The lowest BCUT2D eigenvalue weighted by molar-refractivity contribution is -0.119. The van der Waals surface area contributed by atoms with Gasteiger partial charge in [-0.05, 0) is 43.7 Å². The van der Waals surface area contributed by atoms with Gasteiger partial charge in [0.25, 0.3) is 11.8 Å². The van der Waals surface area contributed by atoms with Crippen LogP contribution in [-0.4, -0.2) is 50.5 Å². The molecule has 4 aromatic rings. The number of rotatable bonds is 5. The Balaban J connectivity index is 1.51. The molecule has 0 saturated heterocycles. The summed E-state index contributed by atoms with van der Waals surface area (Å²) >= 11 is 0. The number of ether oxygens (including phenoxy) is 1. The third kappa shape index (κ3) is 3.45. The van der Waals surface area contributed by atoms with Gasteiger partial charge >= 0.3 is 0 Å². The van der Waals surface area contributed by atoms with Crippen LogP contribution in [-0.2, 0) is 4.79 Å². The molecule has 1 atom stereocenters. The molecule has 0 aliphatic carbocycles. The first-order valence-corrected chi connectivity index (χ1v) is 11.1. The van der Waals surface area contributed by atoms with E-state index in [1.54, 1.807) is 43.5 Å². The van der Waals surface area contributed by atoms with Gasteiger partial charge in [0.2, 0.25) is 5.91 Å². The van der Waals surface area contributed by atoms with Crippen LogP contribution >= 0.6 is 0 Å². The number of benzene rings is 2. The lowest BCUT2D eigenvalue weighted by atomic mass is 10.1. The second-order valence-corrected chi connectivity index (χ2v) is 8.28. The van der Waals surface area contributed by atoms with E-state index in [2.05, 4.69) is 15.4 Å². The van der Waals surface area contributed by atoms with Gasteiger partial charge in [0.05, 0.1) is 24.4 Å². The molecule has 0 spiro atoms. The Kier molecular flexibility index (Phi) is 5.45. The van der Waals surface area contributed by atoms with E-state index in [4.69, 9.17) is 4.74 Å². The standard InChI is InChI=1S/C26H20N6O4/c1-14-11-21(29-22-17(14)9-6-10-20(22)36-3)32-23(16(12-27)13-28-32)30-24(33)15(2)31-25(34)18-7-4-5-8-19(18)26(31)35/h4-11,13,15H,1-3H3,(H,30,33). The van der Waals surface area contributed by atoms with Crippen LogP contribution in [0.25, 0.3) is 16.7 Å². The number of nitrogens with one attached hydrogen (secondary N) is 1. The number of aryl methyl sites for hydroxylation is 1. The van der Waals surface area contributed by atoms with Crippen LogP contribution in [0.5, 0.6) is 5.75 Å². The van der Waals surface area contributed by atoms with Crippen LogP contribution in [0.4, 0.5) is 5.82 Å². The molecule has 10 nitrogen and oxygen atoms in total. The number of fused-ring (bicyclic) bond motifs is 2. The molecule has 5 rings (SSSR count). The van der Waals surface area contributed by atoms with Crippen molar-refractivity contribution in [2.45, 2.75) is 19.9 Å². The molecule has 2 aromatic carbocycles. The van der Waals surface area contributed by atoms with E-state index in [1.807, 2.05) is 25.1 Å². The van der Waals surface area contributed by atoms with Gasteiger partial charge in [-0.1, -0.05) is 24.3 Å². The molecule has 0 radical (unpaired) electrons. The SMILES string of the molecule is COc1cccc2c(C)cc(-n3ncc(C#N)c3NC(=O)C(C)N3C(=O)c4ccccc4C3=O)nc12. The smallest absolute Gasteiger partial charge is 0.262 e. The maximum absolute atomic E-state index is 13.2. The predicted octanol–water partition coefficient (Wildman–Crippen LogP) is 3.23. The molecule has 1 aliphatic heterocycles. The van der Waals surface area contributed by atoms with E-state index in [1.165, 1.54) is 17.8 Å². The number of hydrogen-bond acceptors (Lipinski definition) is 7. The Labute approximate surface area is 205 Å². The van der Waals surface area contributed by atoms with Crippen molar-refractivity contribution in [3.05, 3.63) is 77.0 Å². The van der Waals surface area contributed by atoms with Gasteiger partial charge in [-0.25, -0.2) is 4.98 Å². The second-order valence-electron chi connectivity index (χ2n) is 8.28. The van der Waals surface area contributed by atoms with Crippen molar-refractivity contribution in [1.82, 2.24) is 19.7 Å². The number of hydrogen-bond donors (Lipinski definition) is 1. The zero-order valence-electron chi connectivity index (χ0n) is 19.6. The zero-order chi connectivity index (χ0) is 25.6. The van der Waals surface area contributed by atoms with Crippen molar-refractivity contribution in [3.8, 4) is 17.6 Å². The number of nitrogens with zero attached hydrogens (tertiary/aromatic N) is 5. The number of amides is 3. The minimum Gasteiger partial charge on any atom is -0.494 e. The molecule has 178 valence electrons. The summed E-state index contributed by atoms with van der Waals surface area (Å²) < 4.78 is 6.78. The van der Waals surface area contributed by atoms with Gasteiger partial charge in [-0.3, -0.25) is 19.3 Å². The molecule has 1 N–H and O–H groups in total. The van der Waals surface area contributed by atoms with E-state index in [-0.39, 0.29) is 22.5 Å². The fraction of sp³-hybridized carbons (Fsp3) is 0.154. The number of para-hydroxylation sites is 1.